The van der Waals surface area contributed by atoms with Crippen molar-refractivity contribution in [3.63, 3.8) is 0 Å². The average molecular weight is 345 g/mol. The number of anilines is 2. The van der Waals surface area contributed by atoms with Crippen molar-refractivity contribution in [1.82, 2.24) is 14.8 Å². The summed E-state index contributed by atoms with van der Waals surface area (Å²) in [5, 5.41) is 9.10. The summed E-state index contributed by atoms with van der Waals surface area (Å²) in [7, 11) is 0. The van der Waals surface area contributed by atoms with Crippen LogP contribution < -0.4 is 10.9 Å². The average Bonchev–Trinajstić information content (AvgIpc) is 2.93. The molecule has 0 unspecified atom stereocenters. The van der Waals surface area contributed by atoms with Crippen LogP contribution in [0.3, 0.4) is 0 Å². The lowest BCUT2D eigenvalue weighted by Gasteiger charge is -2.03. The van der Waals surface area contributed by atoms with Crippen molar-refractivity contribution in [2.45, 2.75) is 39.2 Å². The van der Waals surface area contributed by atoms with Crippen LogP contribution in [-0.2, 0) is 6.54 Å². The Morgan fingerprint density at radius 3 is 2.71 bits per heavy atom. The molecule has 3 rings (SSSR count). The first-order chi connectivity index (χ1) is 11.7. The van der Waals surface area contributed by atoms with Crippen LogP contribution in [0.5, 0.6) is 0 Å². The van der Waals surface area contributed by atoms with Crippen LogP contribution in [-0.4, -0.2) is 14.8 Å². The molecule has 5 nitrogen and oxygen atoms in total. The van der Waals surface area contributed by atoms with Crippen LogP contribution in [0.4, 0.5) is 11.5 Å². The van der Waals surface area contributed by atoms with Gasteiger partial charge in [-0.15, -0.1) is 0 Å². The van der Waals surface area contributed by atoms with Gasteiger partial charge in [0, 0.05) is 23.5 Å². The van der Waals surface area contributed by atoms with Gasteiger partial charge in [-0.25, -0.2) is 0 Å². The summed E-state index contributed by atoms with van der Waals surface area (Å²) in [6.45, 7) is 3.00. The monoisotopic (exact) mass is 344 g/mol. The molecule has 0 saturated carbocycles. The van der Waals surface area contributed by atoms with Crippen LogP contribution in [0, 0.1) is 0 Å². The minimum Gasteiger partial charge on any atom is -0.338 e. The van der Waals surface area contributed by atoms with E-state index in [-0.39, 0.29) is 5.56 Å². The molecular weight excluding hydrogens is 324 g/mol. The smallest absolute Gasteiger partial charge is 0.261 e. The highest BCUT2D eigenvalue weighted by molar-refractivity contribution is 6.30. The number of fused-ring (bicyclic) bond motifs is 1. The van der Waals surface area contributed by atoms with Gasteiger partial charge in [-0.05, 0) is 36.8 Å². The second-order valence-corrected chi connectivity index (χ2v) is 6.27. The molecule has 24 heavy (non-hydrogen) atoms. The van der Waals surface area contributed by atoms with Gasteiger partial charge in [-0.2, -0.15) is 5.10 Å². The van der Waals surface area contributed by atoms with E-state index in [1.807, 2.05) is 22.9 Å². The molecule has 0 atom stereocenters. The largest absolute Gasteiger partial charge is 0.338 e. The highest BCUT2D eigenvalue weighted by Crippen LogP contribution is 2.24. The Kier molecular flexibility index (Phi) is 5.20. The van der Waals surface area contributed by atoms with Gasteiger partial charge < -0.3 is 10.3 Å². The Morgan fingerprint density at radius 2 is 1.96 bits per heavy atom. The highest BCUT2D eigenvalue weighted by Gasteiger charge is 2.13. The molecule has 3 aromatic rings. The van der Waals surface area contributed by atoms with Gasteiger partial charge >= 0.3 is 0 Å². The number of unbranched alkanes of at least 4 members (excludes halogenated alkanes) is 3. The maximum absolute atomic E-state index is 12.3. The van der Waals surface area contributed by atoms with E-state index in [0.717, 1.165) is 24.2 Å². The van der Waals surface area contributed by atoms with E-state index in [9.17, 15) is 4.79 Å². The minimum atomic E-state index is -0.135. The number of aromatic nitrogens is 3. The lowest BCUT2D eigenvalue weighted by Crippen LogP contribution is -2.06. The van der Waals surface area contributed by atoms with Crippen LogP contribution in [0.1, 0.15) is 32.6 Å². The summed E-state index contributed by atoms with van der Waals surface area (Å²) in [4.78, 5) is 15.0. The fraction of sp³-hybridized carbons (Fsp3) is 0.333. The SMILES string of the molecule is CCCCCCn1nc(Nc2ccc(Cl)cc2)c2c(=O)[nH]ccc21. The molecule has 2 aromatic heterocycles. The number of aromatic amines is 1. The number of nitrogens with zero attached hydrogens (tertiary/aromatic N) is 2. The van der Waals surface area contributed by atoms with Gasteiger partial charge in [0.25, 0.3) is 5.56 Å². The predicted molar refractivity (Wildman–Crippen MR) is 99.2 cm³/mol. The predicted octanol–water partition coefficient (Wildman–Crippen LogP) is 4.70. The molecule has 0 spiro atoms. The molecule has 0 aliphatic heterocycles. The number of halogens is 1. The van der Waals surface area contributed by atoms with Crippen LogP contribution in [0.15, 0.2) is 41.3 Å². The zero-order valence-corrected chi connectivity index (χ0v) is 14.4. The van der Waals surface area contributed by atoms with Crippen molar-refractivity contribution in [1.29, 1.82) is 0 Å². The second kappa shape index (κ2) is 7.53. The topological polar surface area (TPSA) is 62.7 Å². The van der Waals surface area contributed by atoms with E-state index in [1.165, 1.54) is 19.3 Å². The van der Waals surface area contributed by atoms with E-state index in [2.05, 4.69) is 22.3 Å². The molecular formula is C18H21ClN4O. The van der Waals surface area contributed by atoms with Crippen molar-refractivity contribution in [3.8, 4) is 0 Å². The molecule has 6 heteroatoms. The maximum Gasteiger partial charge on any atom is 0.261 e. The van der Waals surface area contributed by atoms with Gasteiger partial charge in [-0.3, -0.25) is 9.48 Å². The standard InChI is InChI=1S/C18H21ClN4O/c1-2-3-4-5-12-23-15-10-11-20-18(24)16(15)17(22-23)21-14-8-6-13(19)7-9-14/h6-11H,2-5,12H2,1H3,(H,20,24)(H,21,22). The van der Waals surface area contributed by atoms with E-state index < -0.39 is 0 Å². The lowest BCUT2D eigenvalue weighted by molar-refractivity contribution is 0.555. The Labute approximate surface area is 145 Å². The van der Waals surface area contributed by atoms with E-state index >= 15 is 0 Å². The first-order valence-electron chi connectivity index (χ1n) is 8.30. The third-order valence-electron chi connectivity index (χ3n) is 4.00. The number of hydrogen-bond donors (Lipinski definition) is 2. The van der Waals surface area contributed by atoms with Gasteiger partial charge in [0.15, 0.2) is 5.82 Å². The first-order valence-corrected chi connectivity index (χ1v) is 8.67. The van der Waals surface area contributed by atoms with E-state index in [1.54, 1.807) is 18.3 Å². The molecule has 1 aromatic carbocycles. The molecule has 126 valence electrons. The molecule has 0 bridgehead atoms. The Hall–Kier alpha value is -2.27. The zero-order chi connectivity index (χ0) is 16.9. The Morgan fingerprint density at radius 1 is 1.17 bits per heavy atom. The Bertz CT molecular complexity index is 867. The molecule has 0 saturated heterocycles. The second-order valence-electron chi connectivity index (χ2n) is 5.83. The first kappa shape index (κ1) is 16.6. The number of pyridine rings is 1. The summed E-state index contributed by atoms with van der Waals surface area (Å²) >= 11 is 5.92. The van der Waals surface area contributed by atoms with Crippen LogP contribution in [0.25, 0.3) is 10.9 Å². The third-order valence-corrected chi connectivity index (χ3v) is 4.26. The summed E-state index contributed by atoms with van der Waals surface area (Å²) < 4.78 is 1.92. The highest BCUT2D eigenvalue weighted by atomic mass is 35.5. The van der Waals surface area contributed by atoms with Crippen LogP contribution >= 0.6 is 11.6 Å². The zero-order valence-electron chi connectivity index (χ0n) is 13.7. The Balaban J connectivity index is 1.92. The van der Waals surface area contributed by atoms with Gasteiger partial charge in [-0.1, -0.05) is 37.8 Å². The number of rotatable bonds is 7. The van der Waals surface area contributed by atoms with Crippen LogP contribution in [0.2, 0.25) is 5.02 Å². The number of nitrogens with one attached hydrogen (secondary N) is 2. The molecule has 0 radical (unpaired) electrons. The molecule has 0 aliphatic rings. The summed E-state index contributed by atoms with van der Waals surface area (Å²) in [5.74, 6) is 0.574. The van der Waals surface area contributed by atoms with Gasteiger partial charge in [0.05, 0.1) is 5.52 Å². The summed E-state index contributed by atoms with van der Waals surface area (Å²) in [5.41, 5.74) is 1.57. The van der Waals surface area contributed by atoms with Gasteiger partial charge in [0.2, 0.25) is 0 Å². The van der Waals surface area contributed by atoms with Crippen molar-refractivity contribution >= 4 is 34.0 Å². The summed E-state index contributed by atoms with van der Waals surface area (Å²) in [6, 6.07) is 9.24. The van der Waals surface area contributed by atoms with Crippen molar-refractivity contribution < 1.29 is 0 Å². The number of hydrogen-bond acceptors (Lipinski definition) is 3. The summed E-state index contributed by atoms with van der Waals surface area (Å²) in [6.07, 6.45) is 6.30. The quantitative estimate of drug-likeness (QED) is 0.610. The fourth-order valence-electron chi connectivity index (χ4n) is 2.75. The van der Waals surface area contributed by atoms with Crippen molar-refractivity contribution in [3.05, 3.63) is 51.9 Å². The number of H-pyrrole nitrogens is 1. The number of aryl methyl sites for hydroxylation is 1. The fourth-order valence-corrected chi connectivity index (χ4v) is 2.88. The maximum atomic E-state index is 12.3. The van der Waals surface area contributed by atoms with Crippen molar-refractivity contribution in [2.24, 2.45) is 0 Å². The molecule has 0 aliphatic carbocycles. The molecule has 0 fully saturated rings. The van der Waals surface area contributed by atoms with E-state index in [4.69, 9.17) is 11.6 Å². The third kappa shape index (κ3) is 3.62. The minimum absolute atomic E-state index is 0.135. The molecule has 2 N–H and O–H groups in total. The lowest BCUT2D eigenvalue weighted by atomic mass is 10.2. The van der Waals surface area contributed by atoms with E-state index in [0.29, 0.717) is 16.2 Å². The normalized spacial score (nSPS) is 11.1. The van der Waals surface area contributed by atoms with Crippen molar-refractivity contribution in [2.75, 3.05) is 5.32 Å². The van der Waals surface area contributed by atoms with Gasteiger partial charge in [0.1, 0.15) is 5.39 Å². The molecule has 0 amide bonds. The molecule has 2 heterocycles. The number of benzene rings is 1.